The van der Waals surface area contributed by atoms with Crippen molar-refractivity contribution in [3.05, 3.63) is 95.6 Å². The Morgan fingerprint density at radius 2 is 1.48 bits per heavy atom. The van der Waals surface area contributed by atoms with Crippen molar-refractivity contribution >= 4 is 10.1 Å². The van der Waals surface area contributed by atoms with Crippen molar-refractivity contribution in [3.63, 3.8) is 0 Å². The maximum Gasteiger partial charge on any atom is 0.296 e. The van der Waals surface area contributed by atoms with Crippen LogP contribution >= 0.6 is 0 Å². The van der Waals surface area contributed by atoms with Crippen molar-refractivity contribution in [3.8, 4) is 5.75 Å². The first-order chi connectivity index (χ1) is 13.0. The Bertz CT molecular complexity index is 965. The van der Waals surface area contributed by atoms with Crippen molar-refractivity contribution in [2.24, 2.45) is 0 Å². The summed E-state index contributed by atoms with van der Waals surface area (Å²) in [5, 5.41) is 0. The van der Waals surface area contributed by atoms with Gasteiger partial charge in [0, 0.05) is 6.42 Å². The van der Waals surface area contributed by atoms with Crippen LogP contribution in [0.4, 0.5) is 0 Å². The second-order valence-corrected chi connectivity index (χ2v) is 7.84. The van der Waals surface area contributed by atoms with E-state index >= 15 is 0 Å². The van der Waals surface area contributed by atoms with Gasteiger partial charge in [-0.05, 0) is 36.2 Å². The number of rotatable bonds is 8. The van der Waals surface area contributed by atoms with E-state index in [2.05, 4.69) is 0 Å². The molecule has 0 unspecified atom stereocenters. The highest BCUT2D eigenvalue weighted by molar-refractivity contribution is 7.86. The molecule has 5 heteroatoms. The summed E-state index contributed by atoms with van der Waals surface area (Å²) in [4.78, 5) is 0.168. The molecule has 27 heavy (non-hydrogen) atoms. The number of para-hydroxylation sites is 1. The van der Waals surface area contributed by atoms with Crippen LogP contribution in [0.1, 0.15) is 16.7 Å². The second-order valence-electron chi connectivity index (χ2n) is 6.22. The average Bonchev–Trinajstić information content (AvgIpc) is 2.68. The summed E-state index contributed by atoms with van der Waals surface area (Å²) in [6.45, 7) is 2.42. The number of aryl methyl sites for hydroxylation is 1. The minimum Gasteiger partial charge on any atom is -0.489 e. The summed E-state index contributed by atoms with van der Waals surface area (Å²) < 4.78 is 35.6. The van der Waals surface area contributed by atoms with Crippen LogP contribution in [0.5, 0.6) is 5.75 Å². The van der Waals surface area contributed by atoms with E-state index in [1.165, 1.54) is 0 Å². The van der Waals surface area contributed by atoms with E-state index in [0.717, 1.165) is 22.4 Å². The molecule has 0 atom stereocenters. The Hall–Kier alpha value is -2.63. The van der Waals surface area contributed by atoms with Crippen molar-refractivity contribution in [1.82, 2.24) is 0 Å². The lowest BCUT2D eigenvalue weighted by Gasteiger charge is -2.12. The summed E-state index contributed by atoms with van der Waals surface area (Å²) in [6, 6.07) is 24.1. The molecule has 0 amide bonds. The van der Waals surface area contributed by atoms with Gasteiger partial charge in [0.05, 0.1) is 11.5 Å². The highest BCUT2D eigenvalue weighted by Gasteiger charge is 2.15. The molecule has 0 N–H and O–H groups in total. The van der Waals surface area contributed by atoms with E-state index in [1.54, 1.807) is 24.3 Å². The van der Waals surface area contributed by atoms with Gasteiger partial charge in [-0.1, -0.05) is 66.2 Å². The Kier molecular flexibility index (Phi) is 6.27. The predicted octanol–water partition coefficient (Wildman–Crippen LogP) is 4.52. The maximum absolute atomic E-state index is 12.3. The van der Waals surface area contributed by atoms with E-state index in [-0.39, 0.29) is 11.5 Å². The van der Waals surface area contributed by atoms with Crippen LogP contribution in [0, 0.1) is 6.92 Å². The van der Waals surface area contributed by atoms with Gasteiger partial charge >= 0.3 is 0 Å². The molecule has 0 aliphatic heterocycles. The molecule has 0 aliphatic rings. The highest BCUT2D eigenvalue weighted by Crippen LogP contribution is 2.21. The zero-order valence-electron chi connectivity index (χ0n) is 15.2. The minimum absolute atomic E-state index is 0.0575. The Morgan fingerprint density at radius 1 is 0.815 bits per heavy atom. The standard InChI is InChI=1S/C22H22O4S/c1-18-11-13-21(14-12-18)27(23,24)26-16-15-20-9-5-6-10-22(20)25-17-19-7-3-2-4-8-19/h2-14H,15-17H2,1H3. The van der Waals surface area contributed by atoms with E-state index in [1.807, 2.05) is 61.5 Å². The fourth-order valence-electron chi connectivity index (χ4n) is 2.62. The lowest BCUT2D eigenvalue weighted by molar-refractivity contribution is 0.294. The van der Waals surface area contributed by atoms with Crippen LogP contribution in [0.3, 0.4) is 0 Å². The molecule has 140 valence electrons. The van der Waals surface area contributed by atoms with Crippen molar-refractivity contribution < 1.29 is 17.3 Å². The lowest BCUT2D eigenvalue weighted by atomic mass is 10.1. The number of ether oxygens (including phenoxy) is 1. The fraction of sp³-hybridized carbons (Fsp3) is 0.182. The summed E-state index contributed by atoms with van der Waals surface area (Å²) in [5.41, 5.74) is 2.98. The quantitative estimate of drug-likeness (QED) is 0.538. The topological polar surface area (TPSA) is 52.6 Å². The van der Waals surface area contributed by atoms with Crippen molar-refractivity contribution in [2.45, 2.75) is 24.8 Å². The first-order valence-electron chi connectivity index (χ1n) is 8.75. The first-order valence-corrected chi connectivity index (χ1v) is 10.2. The molecule has 0 radical (unpaired) electrons. The van der Waals surface area contributed by atoms with Gasteiger partial charge in [0.15, 0.2) is 0 Å². The zero-order valence-corrected chi connectivity index (χ0v) is 16.0. The van der Waals surface area contributed by atoms with Gasteiger partial charge in [-0.3, -0.25) is 4.18 Å². The van der Waals surface area contributed by atoms with Gasteiger partial charge in [0.2, 0.25) is 0 Å². The van der Waals surface area contributed by atoms with E-state index in [9.17, 15) is 8.42 Å². The van der Waals surface area contributed by atoms with Gasteiger partial charge in [0.25, 0.3) is 10.1 Å². The molecule has 3 aromatic rings. The van der Waals surface area contributed by atoms with Crippen molar-refractivity contribution in [1.29, 1.82) is 0 Å². The molecule has 0 saturated heterocycles. The van der Waals surface area contributed by atoms with Crippen LogP contribution in [0.15, 0.2) is 83.8 Å². The van der Waals surface area contributed by atoms with Crippen LogP contribution in [-0.2, 0) is 27.3 Å². The highest BCUT2D eigenvalue weighted by atomic mass is 32.2. The molecule has 0 bridgehead atoms. The molecule has 0 heterocycles. The number of benzene rings is 3. The summed E-state index contributed by atoms with van der Waals surface area (Å²) in [7, 11) is -3.76. The fourth-order valence-corrected chi connectivity index (χ4v) is 3.53. The normalized spacial score (nSPS) is 11.3. The third-order valence-electron chi connectivity index (χ3n) is 4.13. The number of hydrogen-bond acceptors (Lipinski definition) is 4. The summed E-state index contributed by atoms with van der Waals surface area (Å²) in [5.74, 6) is 0.734. The van der Waals surface area contributed by atoms with E-state index in [4.69, 9.17) is 8.92 Å². The van der Waals surface area contributed by atoms with Gasteiger partial charge < -0.3 is 4.74 Å². The van der Waals surface area contributed by atoms with Gasteiger partial charge in [-0.15, -0.1) is 0 Å². The Labute approximate surface area is 160 Å². The molecule has 3 aromatic carbocycles. The van der Waals surface area contributed by atoms with Gasteiger partial charge in [0.1, 0.15) is 12.4 Å². The van der Waals surface area contributed by atoms with Crippen LogP contribution < -0.4 is 4.74 Å². The van der Waals surface area contributed by atoms with Crippen LogP contribution in [0.2, 0.25) is 0 Å². The van der Waals surface area contributed by atoms with Crippen LogP contribution in [0.25, 0.3) is 0 Å². The maximum atomic E-state index is 12.3. The Morgan fingerprint density at radius 3 is 2.22 bits per heavy atom. The summed E-state index contributed by atoms with van der Waals surface area (Å²) >= 11 is 0. The largest absolute Gasteiger partial charge is 0.489 e. The molecule has 0 aliphatic carbocycles. The van der Waals surface area contributed by atoms with E-state index < -0.39 is 10.1 Å². The van der Waals surface area contributed by atoms with Crippen LogP contribution in [-0.4, -0.2) is 15.0 Å². The number of hydrogen-bond donors (Lipinski definition) is 0. The zero-order chi connectivity index (χ0) is 19.1. The molecular formula is C22H22O4S. The smallest absolute Gasteiger partial charge is 0.296 e. The molecule has 0 aromatic heterocycles. The third kappa shape index (κ3) is 5.42. The SMILES string of the molecule is Cc1ccc(S(=O)(=O)OCCc2ccccc2OCc2ccccc2)cc1. The molecule has 0 saturated carbocycles. The molecule has 4 nitrogen and oxygen atoms in total. The molecular weight excluding hydrogens is 360 g/mol. The molecule has 3 rings (SSSR count). The van der Waals surface area contributed by atoms with E-state index in [0.29, 0.717) is 13.0 Å². The first kappa shape index (κ1) is 19.1. The average molecular weight is 382 g/mol. The third-order valence-corrected chi connectivity index (χ3v) is 5.46. The lowest BCUT2D eigenvalue weighted by Crippen LogP contribution is -2.10. The minimum atomic E-state index is -3.76. The van der Waals surface area contributed by atoms with Gasteiger partial charge in [-0.25, -0.2) is 0 Å². The second kappa shape index (κ2) is 8.84. The molecule has 0 fully saturated rings. The van der Waals surface area contributed by atoms with Gasteiger partial charge in [-0.2, -0.15) is 8.42 Å². The summed E-state index contributed by atoms with van der Waals surface area (Å²) in [6.07, 6.45) is 0.441. The Balaban J connectivity index is 1.60. The monoisotopic (exact) mass is 382 g/mol. The molecule has 0 spiro atoms. The van der Waals surface area contributed by atoms with Crippen molar-refractivity contribution in [2.75, 3.05) is 6.61 Å². The predicted molar refractivity (Wildman–Crippen MR) is 105 cm³/mol.